The van der Waals surface area contributed by atoms with Gasteiger partial charge in [-0.25, -0.2) is 0 Å². The summed E-state index contributed by atoms with van der Waals surface area (Å²) in [4.78, 5) is 11.4. The highest BCUT2D eigenvalue weighted by Crippen LogP contribution is 2.22. The van der Waals surface area contributed by atoms with Crippen molar-refractivity contribution >= 4 is 21.9 Å². The van der Waals surface area contributed by atoms with Gasteiger partial charge in [0.05, 0.1) is 12.5 Å². The maximum Gasteiger partial charge on any atom is 0.311 e. The summed E-state index contributed by atoms with van der Waals surface area (Å²) in [6.45, 7) is 2.34. The van der Waals surface area contributed by atoms with Crippen molar-refractivity contribution in [1.82, 2.24) is 0 Å². The molecule has 0 spiro atoms. The minimum Gasteiger partial charge on any atom is -0.494 e. The summed E-state index contributed by atoms with van der Waals surface area (Å²) in [5, 5.41) is 9.37. The Morgan fingerprint density at radius 3 is 2.57 bits per heavy atom. The highest BCUT2D eigenvalue weighted by molar-refractivity contribution is 9.10. The van der Waals surface area contributed by atoms with Crippen molar-refractivity contribution in [3.8, 4) is 5.75 Å². The minimum atomic E-state index is -0.823. The molecule has 0 amide bonds. The van der Waals surface area contributed by atoms with Gasteiger partial charge in [-0.05, 0) is 37.1 Å². The van der Waals surface area contributed by atoms with Crippen molar-refractivity contribution in [3.63, 3.8) is 0 Å². The molecule has 1 unspecified atom stereocenters. The summed E-state index contributed by atoms with van der Waals surface area (Å²) < 4.78 is 6.56. The van der Waals surface area contributed by atoms with Crippen LogP contribution in [0.4, 0.5) is 0 Å². The smallest absolute Gasteiger partial charge is 0.311 e. The number of aliphatic carboxylic acids is 1. The first-order valence-electron chi connectivity index (χ1n) is 6.74. The van der Waals surface area contributed by atoms with Crippen molar-refractivity contribution in [2.75, 3.05) is 6.61 Å². The van der Waals surface area contributed by atoms with E-state index < -0.39 is 11.9 Å². The molecule has 0 heterocycles. The Morgan fingerprint density at radius 1 is 1.24 bits per heavy atom. The number of carbonyl (C=O) groups is 1. The van der Waals surface area contributed by atoms with E-state index in [9.17, 15) is 9.90 Å². The van der Waals surface area contributed by atoms with Gasteiger partial charge in [0, 0.05) is 4.47 Å². The lowest BCUT2D eigenvalue weighted by Crippen LogP contribution is -2.15. The van der Waals surface area contributed by atoms with Crippen LogP contribution < -0.4 is 4.74 Å². The molecule has 3 nitrogen and oxygen atoms in total. The number of ether oxygens (including phenoxy) is 1. The molecule has 0 radical (unpaired) electrons. The molecule has 0 aliphatic rings. The zero-order valence-electron chi connectivity index (χ0n) is 11.8. The van der Waals surface area contributed by atoms with Crippen LogP contribution in [0.2, 0.25) is 0 Å². The summed E-state index contributed by atoms with van der Waals surface area (Å²) in [5.41, 5.74) is 1.93. The summed E-state index contributed by atoms with van der Waals surface area (Å²) in [7, 11) is 0. The Labute approximate surface area is 132 Å². The lowest BCUT2D eigenvalue weighted by molar-refractivity contribution is -0.139. The second-order valence-electron chi connectivity index (χ2n) is 4.90. The molecule has 4 heteroatoms. The van der Waals surface area contributed by atoms with Gasteiger partial charge in [-0.15, -0.1) is 0 Å². The zero-order chi connectivity index (χ0) is 15.2. The van der Waals surface area contributed by atoms with Crippen molar-refractivity contribution < 1.29 is 14.6 Å². The summed E-state index contributed by atoms with van der Waals surface area (Å²) in [5.74, 6) is -0.633. The third kappa shape index (κ3) is 4.60. The molecule has 0 aliphatic heterocycles. The number of hydrogen-bond donors (Lipinski definition) is 1. The Hall–Kier alpha value is -1.81. The van der Waals surface area contributed by atoms with Gasteiger partial charge in [0.2, 0.25) is 0 Å². The van der Waals surface area contributed by atoms with E-state index in [1.165, 1.54) is 0 Å². The van der Waals surface area contributed by atoms with Crippen LogP contribution in [0.3, 0.4) is 0 Å². The third-order valence-corrected chi connectivity index (χ3v) is 3.74. The molecule has 1 atom stereocenters. The number of carboxylic acid groups (broad SMARTS) is 1. The minimum absolute atomic E-state index is 0.362. The molecular formula is C17H17BrO3. The molecule has 0 saturated heterocycles. The average Bonchev–Trinajstić information content (AvgIpc) is 2.45. The van der Waals surface area contributed by atoms with Gasteiger partial charge in [-0.3, -0.25) is 4.79 Å². The van der Waals surface area contributed by atoms with Crippen LogP contribution in [0.15, 0.2) is 53.0 Å². The molecule has 0 bridgehead atoms. The molecule has 0 aromatic heterocycles. The normalized spacial score (nSPS) is 11.9. The van der Waals surface area contributed by atoms with Crippen molar-refractivity contribution in [3.05, 3.63) is 64.1 Å². The molecule has 0 saturated carbocycles. The van der Waals surface area contributed by atoms with E-state index in [1.54, 1.807) is 0 Å². The molecule has 21 heavy (non-hydrogen) atoms. The van der Waals surface area contributed by atoms with E-state index >= 15 is 0 Å². The van der Waals surface area contributed by atoms with E-state index in [4.69, 9.17) is 4.74 Å². The molecule has 110 valence electrons. The van der Waals surface area contributed by atoms with Crippen molar-refractivity contribution in [2.24, 2.45) is 0 Å². The van der Waals surface area contributed by atoms with Crippen LogP contribution in [0.1, 0.15) is 23.5 Å². The second-order valence-corrected chi connectivity index (χ2v) is 5.81. The molecule has 2 aromatic rings. The van der Waals surface area contributed by atoms with Crippen LogP contribution in [0.5, 0.6) is 5.75 Å². The van der Waals surface area contributed by atoms with Gasteiger partial charge in [-0.2, -0.15) is 0 Å². The average molecular weight is 349 g/mol. The summed E-state index contributed by atoms with van der Waals surface area (Å²) in [6.07, 6.45) is 0.435. The quantitative estimate of drug-likeness (QED) is 0.841. The van der Waals surface area contributed by atoms with Gasteiger partial charge >= 0.3 is 5.97 Å². The number of aryl methyl sites for hydroxylation is 1. The van der Waals surface area contributed by atoms with Crippen LogP contribution in [-0.2, 0) is 4.79 Å². The fraction of sp³-hybridized carbons (Fsp3) is 0.235. The highest BCUT2D eigenvalue weighted by atomic mass is 79.9. The second kappa shape index (κ2) is 7.27. The fourth-order valence-electron chi connectivity index (χ4n) is 2.08. The first-order chi connectivity index (χ1) is 10.1. The van der Waals surface area contributed by atoms with E-state index in [-0.39, 0.29) is 0 Å². The molecule has 2 aromatic carbocycles. The Kier molecular flexibility index (Phi) is 5.39. The Balaban J connectivity index is 1.98. The van der Waals surface area contributed by atoms with E-state index in [0.717, 1.165) is 21.3 Å². The van der Waals surface area contributed by atoms with Gasteiger partial charge in [0.15, 0.2) is 0 Å². The van der Waals surface area contributed by atoms with Crippen molar-refractivity contribution in [2.45, 2.75) is 19.3 Å². The number of carboxylic acids is 1. The van der Waals surface area contributed by atoms with E-state index in [0.29, 0.717) is 13.0 Å². The largest absolute Gasteiger partial charge is 0.494 e. The van der Waals surface area contributed by atoms with E-state index in [2.05, 4.69) is 15.9 Å². The van der Waals surface area contributed by atoms with Gasteiger partial charge in [0.25, 0.3) is 0 Å². The standard InChI is InChI=1S/C17H17BrO3/c1-12-5-7-13(8-6-12)16(17(19)20)9-10-21-15-4-2-3-14(18)11-15/h2-8,11,16H,9-10H2,1H3,(H,19,20). The monoisotopic (exact) mass is 348 g/mol. The van der Waals surface area contributed by atoms with Crippen LogP contribution in [0, 0.1) is 6.92 Å². The molecule has 2 rings (SSSR count). The third-order valence-electron chi connectivity index (χ3n) is 3.25. The van der Waals surface area contributed by atoms with Crippen LogP contribution >= 0.6 is 15.9 Å². The van der Waals surface area contributed by atoms with Gasteiger partial charge in [0.1, 0.15) is 5.75 Å². The number of rotatable bonds is 6. The molecule has 0 fully saturated rings. The summed E-state index contributed by atoms with van der Waals surface area (Å²) >= 11 is 3.38. The fourth-order valence-corrected chi connectivity index (χ4v) is 2.46. The van der Waals surface area contributed by atoms with Gasteiger partial charge < -0.3 is 9.84 Å². The maximum absolute atomic E-state index is 11.4. The molecule has 1 N–H and O–H groups in total. The predicted octanol–water partition coefficient (Wildman–Crippen LogP) is 4.39. The van der Waals surface area contributed by atoms with Crippen LogP contribution in [0.25, 0.3) is 0 Å². The summed E-state index contributed by atoms with van der Waals surface area (Å²) in [6, 6.07) is 15.1. The Bertz CT molecular complexity index is 608. The topological polar surface area (TPSA) is 46.5 Å². The first-order valence-corrected chi connectivity index (χ1v) is 7.53. The van der Waals surface area contributed by atoms with Gasteiger partial charge in [-0.1, -0.05) is 51.8 Å². The number of hydrogen-bond acceptors (Lipinski definition) is 2. The van der Waals surface area contributed by atoms with E-state index in [1.807, 2.05) is 55.5 Å². The zero-order valence-corrected chi connectivity index (χ0v) is 13.3. The lowest BCUT2D eigenvalue weighted by Gasteiger charge is -2.14. The number of benzene rings is 2. The lowest BCUT2D eigenvalue weighted by atomic mass is 9.95. The van der Waals surface area contributed by atoms with Crippen LogP contribution in [-0.4, -0.2) is 17.7 Å². The SMILES string of the molecule is Cc1ccc(C(CCOc2cccc(Br)c2)C(=O)O)cc1. The molecule has 0 aliphatic carbocycles. The maximum atomic E-state index is 11.4. The predicted molar refractivity (Wildman–Crippen MR) is 85.8 cm³/mol. The molecular weight excluding hydrogens is 332 g/mol. The number of halogens is 1. The highest BCUT2D eigenvalue weighted by Gasteiger charge is 2.19. The Morgan fingerprint density at radius 2 is 1.95 bits per heavy atom. The van der Waals surface area contributed by atoms with Crippen molar-refractivity contribution in [1.29, 1.82) is 0 Å². The first kappa shape index (κ1) is 15.6.